The standard InChI is InChI=1S/C17H30O3S/c1-4-6-7-12-8-11(5-2)15-13-9-14(16(12)15)17(3,10-13)21(18,19)20/h11-16H,4-10H2,1-3H3,(H,18,19,20). The first kappa shape index (κ1) is 15.8. The predicted octanol–water partition coefficient (Wildman–Crippen LogP) is 4.14. The summed E-state index contributed by atoms with van der Waals surface area (Å²) in [4.78, 5) is 0. The van der Waals surface area contributed by atoms with Gasteiger partial charge in [0.05, 0.1) is 4.75 Å². The van der Waals surface area contributed by atoms with Gasteiger partial charge in [-0.15, -0.1) is 0 Å². The summed E-state index contributed by atoms with van der Waals surface area (Å²) < 4.78 is 32.8. The van der Waals surface area contributed by atoms with Crippen LogP contribution in [0.3, 0.4) is 0 Å². The average Bonchev–Trinajstić information content (AvgIpc) is 3.04. The highest BCUT2D eigenvalue weighted by atomic mass is 32.2. The molecule has 3 rings (SSSR count). The minimum Gasteiger partial charge on any atom is -0.285 e. The maximum atomic E-state index is 12.0. The second-order valence-electron chi connectivity index (χ2n) is 8.06. The molecule has 3 nitrogen and oxygen atoms in total. The molecule has 0 aromatic carbocycles. The monoisotopic (exact) mass is 314 g/mol. The van der Waals surface area contributed by atoms with Gasteiger partial charge in [0.15, 0.2) is 0 Å². The van der Waals surface area contributed by atoms with Crippen LogP contribution in [-0.4, -0.2) is 17.7 Å². The Labute approximate surface area is 129 Å². The minimum absolute atomic E-state index is 0.195. The minimum atomic E-state index is -3.94. The van der Waals surface area contributed by atoms with Gasteiger partial charge < -0.3 is 0 Å². The quantitative estimate of drug-likeness (QED) is 0.776. The third-order valence-corrected chi connectivity index (χ3v) is 8.85. The predicted molar refractivity (Wildman–Crippen MR) is 84.6 cm³/mol. The molecule has 0 amide bonds. The first-order valence-corrected chi connectivity index (χ1v) is 10.2. The number of fused-ring (bicyclic) bond motifs is 5. The van der Waals surface area contributed by atoms with Crippen molar-refractivity contribution in [3.8, 4) is 0 Å². The molecule has 7 unspecified atom stereocenters. The van der Waals surface area contributed by atoms with Crippen molar-refractivity contribution >= 4 is 10.1 Å². The zero-order valence-electron chi connectivity index (χ0n) is 13.6. The summed E-state index contributed by atoms with van der Waals surface area (Å²) >= 11 is 0. The molecule has 0 aliphatic heterocycles. The van der Waals surface area contributed by atoms with E-state index in [1.165, 1.54) is 32.1 Å². The second-order valence-corrected chi connectivity index (χ2v) is 9.94. The lowest BCUT2D eigenvalue weighted by molar-refractivity contribution is 0.146. The van der Waals surface area contributed by atoms with Crippen LogP contribution >= 0.6 is 0 Å². The Hall–Kier alpha value is -0.0900. The van der Waals surface area contributed by atoms with Crippen LogP contribution in [0, 0.1) is 35.5 Å². The molecule has 3 saturated carbocycles. The maximum Gasteiger partial charge on any atom is 0.270 e. The van der Waals surface area contributed by atoms with E-state index >= 15 is 0 Å². The van der Waals surface area contributed by atoms with E-state index in [1.807, 2.05) is 0 Å². The summed E-state index contributed by atoms with van der Waals surface area (Å²) in [5, 5.41) is 0. The number of hydrogen-bond donors (Lipinski definition) is 1. The summed E-state index contributed by atoms with van der Waals surface area (Å²) in [6.45, 7) is 6.32. The van der Waals surface area contributed by atoms with Gasteiger partial charge in [-0.25, -0.2) is 0 Å². The van der Waals surface area contributed by atoms with Gasteiger partial charge in [0.2, 0.25) is 0 Å². The van der Waals surface area contributed by atoms with Crippen molar-refractivity contribution in [2.75, 3.05) is 0 Å². The Kier molecular flexibility index (Phi) is 3.93. The van der Waals surface area contributed by atoms with E-state index in [-0.39, 0.29) is 5.92 Å². The molecular weight excluding hydrogens is 284 g/mol. The lowest BCUT2D eigenvalue weighted by atomic mass is 9.70. The van der Waals surface area contributed by atoms with Crippen LogP contribution in [0.2, 0.25) is 0 Å². The number of hydrogen-bond acceptors (Lipinski definition) is 2. The fraction of sp³-hybridized carbons (Fsp3) is 1.00. The van der Waals surface area contributed by atoms with Gasteiger partial charge in [0, 0.05) is 0 Å². The molecule has 3 aliphatic carbocycles. The van der Waals surface area contributed by atoms with Crippen LogP contribution < -0.4 is 0 Å². The average molecular weight is 314 g/mol. The highest BCUT2D eigenvalue weighted by molar-refractivity contribution is 7.87. The highest BCUT2D eigenvalue weighted by Crippen LogP contribution is 2.68. The van der Waals surface area contributed by atoms with Crippen LogP contribution in [0.4, 0.5) is 0 Å². The van der Waals surface area contributed by atoms with Gasteiger partial charge in [-0.05, 0) is 61.7 Å². The summed E-state index contributed by atoms with van der Waals surface area (Å²) in [6.07, 6.45) is 7.97. The van der Waals surface area contributed by atoms with E-state index in [1.54, 1.807) is 6.92 Å². The van der Waals surface area contributed by atoms with E-state index in [0.29, 0.717) is 24.2 Å². The van der Waals surface area contributed by atoms with Crippen LogP contribution in [-0.2, 0) is 10.1 Å². The maximum absolute atomic E-state index is 12.0. The Morgan fingerprint density at radius 1 is 1.14 bits per heavy atom. The lowest BCUT2D eigenvalue weighted by Gasteiger charge is -2.40. The Morgan fingerprint density at radius 2 is 1.86 bits per heavy atom. The van der Waals surface area contributed by atoms with Gasteiger partial charge in [-0.1, -0.05) is 39.5 Å². The summed E-state index contributed by atoms with van der Waals surface area (Å²) in [6, 6.07) is 0. The molecule has 3 fully saturated rings. The van der Waals surface area contributed by atoms with E-state index in [4.69, 9.17) is 0 Å². The molecule has 7 atom stereocenters. The fourth-order valence-corrected chi connectivity index (χ4v) is 7.39. The fourth-order valence-electron chi connectivity index (χ4n) is 6.33. The van der Waals surface area contributed by atoms with Crippen molar-refractivity contribution in [1.29, 1.82) is 0 Å². The first-order chi connectivity index (χ1) is 9.83. The van der Waals surface area contributed by atoms with Crippen LogP contribution in [0.25, 0.3) is 0 Å². The lowest BCUT2D eigenvalue weighted by Crippen LogP contribution is -2.46. The Balaban J connectivity index is 1.89. The Morgan fingerprint density at radius 3 is 2.43 bits per heavy atom. The highest BCUT2D eigenvalue weighted by Gasteiger charge is 2.67. The van der Waals surface area contributed by atoms with Crippen molar-refractivity contribution in [3.63, 3.8) is 0 Å². The van der Waals surface area contributed by atoms with Gasteiger partial charge in [-0.2, -0.15) is 8.42 Å². The van der Waals surface area contributed by atoms with Crippen molar-refractivity contribution in [2.24, 2.45) is 35.5 Å². The van der Waals surface area contributed by atoms with E-state index in [0.717, 1.165) is 18.3 Å². The van der Waals surface area contributed by atoms with Crippen molar-refractivity contribution in [3.05, 3.63) is 0 Å². The van der Waals surface area contributed by atoms with Gasteiger partial charge in [-0.3, -0.25) is 4.55 Å². The molecule has 0 aromatic rings. The molecule has 21 heavy (non-hydrogen) atoms. The van der Waals surface area contributed by atoms with Crippen LogP contribution in [0.5, 0.6) is 0 Å². The molecule has 0 heterocycles. The zero-order valence-corrected chi connectivity index (χ0v) is 14.4. The molecule has 0 radical (unpaired) electrons. The zero-order chi connectivity index (χ0) is 15.4. The van der Waals surface area contributed by atoms with Crippen molar-refractivity contribution in [2.45, 2.75) is 70.5 Å². The molecule has 0 aromatic heterocycles. The molecule has 1 N–H and O–H groups in total. The van der Waals surface area contributed by atoms with Gasteiger partial charge in [0.1, 0.15) is 0 Å². The van der Waals surface area contributed by atoms with Crippen LogP contribution in [0.1, 0.15) is 65.7 Å². The van der Waals surface area contributed by atoms with Crippen LogP contribution in [0.15, 0.2) is 0 Å². The molecule has 2 bridgehead atoms. The second kappa shape index (κ2) is 5.23. The number of rotatable bonds is 5. The SMILES string of the molecule is CCCCC1CC(CC)C2C3CC(C12)C(C)(S(=O)(=O)O)C3. The Bertz CT molecular complexity index is 500. The molecular formula is C17H30O3S. The summed E-state index contributed by atoms with van der Waals surface area (Å²) in [7, 11) is -3.94. The molecule has 122 valence electrons. The summed E-state index contributed by atoms with van der Waals surface area (Å²) in [5.41, 5.74) is 0. The molecule has 0 spiro atoms. The van der Waals surface area contributed by atoms with E-state index in [9.17, 15) is 13.0 Å². The normalized spacial score (nSPS) is 48.8. The van der Waals surface area contributed by atoms with Gasteiger partial charge in [0.25, 0.3) is 10.1 Å². The third-order valence-electron chi connectivity index (χ3n) is 7.20. The largest absolute Gasteiger partial charge is 0.285 e. The van der Waals surface area contributed by atoms with E-state index < -0.39 is 14.9 Å². The summed E-state index contributed by atoms with van der Waals surface area (Å²) in [5.74, 6) is 3.49. The number of unbranched alkanes of at least 4 members (excludes halogenated alkanes) is 1. The van der Waals surface area contributed by atoms with E-state index in [2.05, 4.69) is 13.8 Å². The van der Waals surface area contributed by atoms with Gasteiger partial charge >= 0.3 is 0 Å². The topological polar surface area (TPSA) is 54.4 Å². The molecule has 0 saturated heterocycles. The third kappa shape index (κ3) is 2.20. The first-order valence-electron chi connectivity index (χ1n) is 8.80. The molecule has 3 aliphatic rings. The smallest absolute Gasteiger partial charge is 0.270 e. The molecule has 4 heteroatoms. The van der Waals surface area contributed by atoms with Crippen molar-refractivity contribution < 1.29 is 13.0 Å². The van der Waals surface area contributed by atoms with Crippen molar-refractivity contribution in [1.82, 2.24) is 0 Å².